The Balaban J connectivity index is 2.55. The quantitative estimate of drug-likeness (QED) is 0.765. The van der Waals surface area contributed by atoms with Crippen LogP contribution in [0.5, 0.6) is 0 Å². The van der Waals surface area contributed by atoms with Crippen LogP contribution in [0.3, 0.4) is 0 Å². The highest BCUT2D eigenvalue weighted by Gasteiger charge is 2.30. The molecule has 1 N–H and O–H groups in total. The minimum Gasteiger partial charge on any atom is -0.479 e. The summed E-state index contributed by atoms with van der Waals surface area (Å²) in [7, 11) is 1.60. The molecule has 0 bridgehead atoms. The topological polar surface area (TPSA) is 93.9 Å². The minimum absolute atomic E-state index is 0.0411. The Hall–Kier alpha value is -1.81. The van der Waals surface area contributed by atoms with E-state index in [0.29, 0.717) is 13.1 Å². The number of amides is 2. The van der Waals surface area contributed by atoms with Crippen molar-refractivity contribution >= 4 is 12.0 Å². The first kappa shape index (κ1) is 14.3. The number of aliphatic carboxylic acids is 1. The third-order valence-corrected chi connectivity index (χ3v) is 2.71. The molecule has 2 amide bonds. The zero-order valence-electron chi connectivity index (χ0n) is 10.5. The van der Waals surface area contributed by atoms with Crippen LogP contribution in [0.15, 0.2) is 0 Å². The molecule has 0 aromatic rings. The molecular weight excluding hydrogens is 238 g/mol. The van der Waals surface area contributed by atoms with E-state index < -0.39 is 12.1 Å². The molecule has 0 saturated carbocycles. The van der Waals surface area contributed by atoms with Gasteiger partial charge in [0, 0.05) is 20.1 Å². The highest BCUT2D eigenvalue weighted by molar-refractivity contribution is 5.77. The molecule has 0 aliphatic carbocycles. The molecule has 100 valence electrons. The molecule has 0 radical (unpaired) electrons. The van der Waals surface area contributed by atoms with Crippen molar-refractivity contribution in [1.29, 1.82) is 5.26 Å². The molecule has 1 fully saturated rings. The second kappa shape index (κ2) is 6.21. The molecule has 1 heterocycles. The number of nitrogens with zero attached hydrogens (tertiary/aromatic N) is 3. The predicted molar refractivity (Wildman–Crippen MR) is 61.8 cm³/mol. The molecule has 2 atom stereocenters. The second-order valence-corrected chi connectivity index (χ2v) is 4.34. The van der Waals surface area contributed by atoms with Gasteiger partial charge in [0.05, 0.1) is 25.1 Å². The lowest BCUT2D eigenvalue weighted by Crippen LogP contribution is -2.52. The van der Waals surface area contributed by atoms with Crippen molar-refractivity contribution in [2.75, 3.05) is 33.3 Å². The van der Waals surface area contributed by atoms with Crippen molar-refractivity contribution in [3.05, 3.63) is 0 Å². The van der Waals surface area contributed by atoms with Crippen molar-refractivity contribution in [2.24, 2.45) is 5.92 Å². The van der Waals surface area contributed by atoms with E-state index in [1.807, 2.05) is 6.07 Å². The Bertz CT molecular complexity index is 366. The molecule has 1 aliphatic rings. The fraction of sp³-hybridized carbons (Fsp3) is 0.727. The lowest BCUT2D eigenvalue weighted by molar-refractivity contribution is -0.154. The van der Waals surface area contributed by atoms with Crippen molar-refractivity contribution in [3.63, 3.8) is 0 Å². The van der Waals surface area contributed by atoms with Gasteiger partial charge in [-0.2, -0.15) is 5.26 Å². The Morgan fingerprint density at radius 2 is 2.33 bits per heavy atom. The number of hydrogen-bond acceptors (Lipinski definition) is 4. The molecule has 1 rings (SSSR count). The molecule has 18 heavy (non-hydrogen) atoms. The van der Waals surface area contributed by atoms with E-state index in [0.717, 1.165) is 0 Å². The van der Waals surface area contributed by atoms with E-state index in [4.69, 9.17) is 15.1 Å². The molecule has 7 heteroatoms. The number of rotatable bonds is 3. The zero-order valence-corrected chi connectivity index (χ0v) is 10.5. The molecule has 0 spiro atoms. The van der Waals surface area contributed by atoms with E-state index in [9.17, 15) is 9.59 Å². The molecule has 0 aromatic carbocycles. The predicted octanol–water partition coefficient (Wildman–Crippen LogP) is -0.0167. The maximum absolute atomic E-state index is 12.0. The summed E-state index contributed by atoms with van der Waals surface area (Å²) in [6.45, 7) is 2.67. The second-order valence-electron chi connectivity index (χ2n) is 4.34. The van der Waals surface area contributed by atoms with E-state index in [1.54, 1.807) is 14.0 Å². The van der Waals surface area contributed by atoms with Crippen LogP contribution in [0.4, 0.5) is 4.79 Å². The number of carbonyl (C=O) groups excluding carboxylic acids is 1. The van der Waals surface area contributed by atoms with Crippen LogP contribution in [0.2, 0.25) is 0 Å². The third-order valence-electron chi connectivity index (χ3n) is 2.71. The van der Waals surface area contributed by atoms with Gasteiger partial charge in [-0.25, -0.2) is 9.59 Å². The summed E-state index contributed by atoms with van der Waals surface area (Å²) in [4.78, 5) is 25.7. The number of ether oxygens (including phenoxy) is 1. The fourth-order valence-corrected chi connectivity index (χ4v) is 1.74. The third kappa shape index (κ3) is 3.60. The van der Waals surface area contributed by atoms with Crippen LogP contribution in [0.25, 0.3) is 0 Å². The van der Waals surface area contributed by atoms with Crippen molar-refractivity contribution in [2.45, 2.75) is 13.0 Å². The first-order valence-electron chi connectivity index (χ1n) is 5.69. The number of hydrogen-bond donors (Lipinski definition) is 1. The van der Waals surface area contributed by atoms with Crippen molar-refractivity contribution < 1.29 is 19.4 Å². The van der Waals surface area contributed by atoms with Crippen LogP contribution in [-0.2, 0) is 9.53 Å². The molecular formula is C11H17N3O4. The largest absolute Gasteiger partial charge is 0.479 e. The summed E-state index contributed by atoms with van der Waals surface area (Å²) in [5, 5.41) is 17.5. The highest BCUT2D eigenvalue weighted by Crippen LogP contribution is 2.09. The number of carboxylic acids is 1. The summed E-state index contributed by atoms with van der Waals surface area (Å²) in [5.41, 5.74) is 0. The van der Waals surface area contributed by atoms with Gasteiger partial charge in [0.25, 0.3) is 0 Å². The first-order valence-corrected chi connectivity index (χ1v) is 5.69. The SMILES string of the molecule is CC(C#N)CN(C)C(=O)N1CCOC(C(=O)O)C1. The van der Waals surface area contributed by atoms with Gasteiger partial charge in [-0.05, 0) is 6.92 Å². The molecule has 2 unspecified atom stereocenters. The monoisotopic (exact) mass is 255 g/mol. The van der Waals surface area contributed by atoms with Crippen LogP contribution in [-0.4, -0.2) is 66.3 Å². The van der Waals surface area contributed by atoms with Gasteiger partial charge in [-0.3, -0.25) is 0 Å². The van der Waals surface area contributed by atoms with Crippen LogP contribution in [0, 0.1) is 17.2 Å². The lowest BCUT2D eigenvalue weighted by atomic mass is 10.2. The van der Waals surface area contributed by atoms with Gasteiger partial charge in [0.2, 0.25) is 0 Å². The fourth-order valence-electron chi connectivity index (χ4n) is 1.74. The smallest absolute Gasteiger partial charge is 0.334 e. The van der Waals surface area contributed by atoms with Crippen LogP contribution < -0.4 is 0 Å². The standard InChI is InChI=1S/C11H17N3O4/c1-8(5-12)6-13(2)11(17)14-3-4-18-9(7-14)10(15)16/h8-9H,3-4,6-7H2,1-2H3,(H,15,16). The highest BCUT2D eigenvalue weighted by atomic mass is 16.5. The van der Waals surface area contributed by atoms with E-state index in [1.165, 1.54) is 9.80 Å². The van der Waals surface area contributed by atoms with E-state index >= 15 is 0 Å². The van der Waals surface area contributed by atoms with E-state index in [-0.39, 0.29) is 25.1 Å². The van der Waals surface area contributed by atoms with Crippen molar-refractivity contribution in [3.8, 4) is 6.07 Å². The Kier molecular flexibility index (Phi) is 4.92. The summed E-state index contributed by atoms with van der Waals surface area (Å²) in [5.74, 6) is -1.32. The molecule has 1 aliphatic heterocycles. The number of nitriles is 1. The Labute approximate surface area is 106 Å². The van der Waals surface area contributed by atoms with Crippen LogP contribution in [0.1, 0.15) is 6.92 Å². The number of urea groups is 1. The van der Waals surface area contributed by atoms with E-state index in [2.05, 4.69) is 0 Å². The number of carboxylic acid groups (broad SMARTS) is 1. The maximum Gasteiger partial charge on any atom is 0.334 e. The van der Waals surface area contributed by atoms with Gasteiger partial charge in [0.1, 0.15) is 0 Å². The number of morpholine rings is 1. The summed E-state index contributed by atoms with van der Waals surface area (Å²) in [6, 6.07) is 1.78. The average molecular weight is 255 g/mol. The minimum atomic E-state index is -1.07. The van der Waals surface area contributed by atoms with Crippen LogP contribution >= 0.6 is 0 Å². The summed E-state index contributed by atoms with van der Waals surface area (Å²) in [6.07, 6.45) is -0.968. The first-order chi connectivity index (χ1) is 8.45. The Morgan fingerprint density at radius 1 is 1.67 bits per heavy atom. The normalized spacial score (nSPS) is 20.9. The summed E-state index contributed by atoms with van der Waals surface area (Å²) < 4.78 is 5.04. The molecule has 1 saturated heterocycles. The van der Waals surface area contributed by atoms with Crippen molar-refractivity contribution in [1.82, 2.24) is 9.80 Å². The molecule has 7 nitrogen and oxygen atoms in total. The van der Waals surface area contributed by atoms with Gasteiger partial charge in [0.15, 0.2) is 6.10 Å². The summed E-state index contributed by atoms with van der Waals surface area (Å²) >= 11 is 0. The lowest BCUT2D eigenvalue weighted by Gasteiger charge is -2.34. The van der Waals surface area contributed by atoms with Gasteiger partial charge in [-0.1, -0.05) is 0 Å². The zero-order chi connectivity index (χ0) is 13.7. The van der Waals surface area contributed by atoms with Gasteiger partial charge >= 0.3 is 12.0 Å². The van der Waals surface area contributed by atoms with Gasteiger partial charge < -0.3 is 19.6 Å². The number of carbonyl (C=O) groups is 2. The Morgan fingerprint density at radius 3 is 2.89 bits per heavy atom. The maximum atomic E-state index is 12.0. The van der Waals surface area contributed by atoms with Gasteiger partial charge in [-0.15, -0.1) is 0 Å². The molecule has 0 aromatic heterocycles. The average Bonchev–Trinajstić information content (AvgIpc) is 2.37.